The van der Waals surface area contributed by atoms with Crippen LogP contribution in [0.15, 0.2) is 60.0 Å². The van der Waals surface area contributed by atoms with Gasteiger partial charge in [0.2, 0.25) is 0 Å². The van der Waals surface area contributed by atoms with Gasteiger partial charge in [0.1, 0.15) is 5.82 Å². The number of fused-ring (bicyclic) bond motifs is 1. The molecule has 35 heavy (non-hydrogen) atoms. The Bertz CT molecular complexity index is 1270. The number of nitrogens with two attached hydrogens (primary N) is 1. The predicted molar refractivity (Wildman–Crippen MR) is 143 cm³/mol. The second-order valence-corrected chi connectivity index (χ2v) is 9.37. The van der Waals surface area contributed by atoms with Crippen molar-refractivity contribution in [3.05, 3.63) is 71.8 Å². The number of nitrogens with zero attached hydrogens (tertiary/aromatic N) is 5. The number of pyridine rings is 2. The van der Waals surface area contributed by atoms with Gasteiger partial charge in [0.25, 0.3) is 5.91 Å². The van der Waals surface area contributed by atoms with E-state index in [9.17, 15) is 4.79 Å². The number of piperazine rings is 1. The zero-order valence-electron chi connectivity index (χ0n) is 20.8. The summed E-state index contributed by atoms with van der Waals surface area (Å²) >= 11 is 0. The van der Waals surface area contributed by atoms with Gasteiger partial charge in [-0.3, -0.25) is 19.7 Å². The van der Waals surface area contributed by atoms with E-state index in [1.807, 2.05) is 30.3 Å². The van der Waals surface area contributed by atoms with E-state index in [4.69, 9.17) is 5.73 Å². The molecule has 0 aliphatic carbocycles. The third-order valence-electron chi connectivity index (χ3n) is 6.69. The number of likely N-dealkylation sites (N-methyl/N-ethyl adjacent to an activating group) is 1. The molecule has 8 heteroatoms. The molecular weight excluding hydrogens is 438 g/mol. The van der Waals surface area contributed by atoms with E-state index in [1.54, 1.807) is 31.7 Å². The molecule has 1 aliphatic rings. The SMILES string of the molecule is CN=CC(=CN)c1ccc2cnc(NC(=O)c3ccnc(C(C)(C)N4CCN(C)CC4)c3)cc2c1. The molecule has 182 valence electrons. The molecule has 1 saturated heterocycles. The lowest BCUT2D eigenvalue weighted by molar-refractivity contribution is 0.0579. The quantitative estimate of drug-likeness (QED) is 0.535. The number of benzene rings is 1. The van der Waals surface area contributed by atoms with Crippen LogP contribution in [0.4, 0.5) is 5.82 Å². The van der Waals surface area contributed by atoms with Crippen molar-refractivity contribution in [2.45, 2.75) is 19.4 Å². The van der Waals surface area contributed by atoms with Crippen molar-refractivity contribution in [2.75, 3.05) is 45.6 Å². The molecule has 3 heterocycles. The maximum Gasteiger partial charge on any atom is 0.256 e. The van der Waals surface area contributed by atoms with Crippen LogP contribution in [0.1, 0.15) is 35.5 Å². The Morgan fingerprint density at radius 3 is 2.54 bits per heavy atom. The molecule has 1 fully saturated rings. The van der Waals surface area contributed by atoms with E-state index in [1.165, 1.54) is 6.20 Å². The molecule has 1 amide bonds. The van der Waals surface area contributed by atoms with Crippen molar-refractivity contribution in [3.63, 3.8) is 0 Å². The summed E-state index contributed by atoms with van der Waals surface area (Å²) in [5.41, 5.74) is 8.69. The molecule has 0 unspecified atom stereocenters. The summed E-state index contributed by atoms with van der Waals surface area (Å²) in [6, 6.07) is 11.4. The number of hydrogen-bond donors (Lipinski definition) is 2. The molecule has 8 nitrogen and oxygen atoms in total. The first kappa shape index (κ1) is 24.5. The second-order valence-electron chi connectivity index (χ2n) is 9.37. The number of amides is 1. The molecule has 3 N–H and O–H groups in total. The minimum atomic E-state index is -0.273. The zero-order chi connectivity index (χ0) is 25.0. The Labute approximate surface area is 206 Å². The monoisotopic (exact) mass is 471 g/mol. The summed E-state index contributed by atoms with van der Waals surface area (Å²) in [5, 5.41) is 4.86. The molecule has 0 saturated carbocycles. The van der Waals surface area contributed by atoms with Gasteiger partial charge >= 0.3 is 0 Å². The van der Waals surface area contributed by atoms with Gasteiger partial charge in [-0.25, -0.2) is 4.98 Å². The second kappa shape index (κ2) is 10.3. The summed E-state index contributed by atoms with van der Waals surface area (Å²) < 4.78 is 0. The molecule has 0 spiro atoms. The zero-order valence-corrected chi connectivity index (χ0v) is 20.8. The van der Waals surface area contributed by atoms with E-state index in [0.717, 1.165) is 53.8 Å². The fourth-order valence-electron chi connectivity index (χ4n) is 4.36. The lowest BCUT2D eigenvalue weighted by atomic mass is 9.95. The van der Waals surface area contributed by atoms with Crippen molar-refractivity contribution in [3.8, 4) is 0 Å². The lowest BCUT2D eigenvalue weighted by Gasteiger charge is -2.43. The number of carbonyl (C=O) groups excluding carboxylic acids is 1. The fourth-order valence-corrected chi connectivity index (χ4v) is 4.36. The van der Waals surface area contributed by atoms with E-state index >= 15 is 0 Å². The summed E-state index contributed by atoms with van der Waals surface area (Å²) in [6.45, 7) is 8.31. The number of anilines is 1. The van der Waals surface area contributed by atoms with Crippen molar-refractivity contribution in [2.24, 2.45) is 10.7 Å². The van der Waals surface area contributed by atoms with Crippen LogP contribution < -0.4 is 11.1 Å². The van der Waals surface area contributed by atoms with Gasteiger partial charge in [-0.05, 0) is 56.1 Å². The summed E-state index contributed by atoms with van der Waals surface area (Å²) in [6.07, 6.45) is 6.71. The first-order chi connectivity index (χ1) is 16.8. The molecule has 3 aromatic rings. The van der Waals surface area contributed by atoms with Gasteiger partial charge in [0.15, 0.2) is 0 Å². The molecule has 1 aromatic carbocycles. The maximum absolute atomic E-state index is 13.1. The smallest absolute Gasteiger partial charge is 0.256 e. The molecule has 1 aliphatic heterocycles. The van der Waals surface area contributed by atoms with Crippen molar-refractivity contribution in [1.29, 1.82) is 0 Å². The number of allylic oxidation sites excluding steroid dienone is 1. The number of carbonyl (C=O) groups is 1. The standard InChI is InChI=1S/C27H33N7O/c1-27(2,34-11-9-33(4)10-12-34)24-14-20(7-8-30-24)26(35)32-25-15-22-13-19(23(16-28)17-29-3)5-6-21(22)18-31-25/h5-8,13-18H,9-12,28H2,1-4H3,(H,31,32,35). The van der Waals surface area contributed by atoms with Crippen LogP contribution in [0.3, 0.4) is 0 Å². The van der Waals surface area contributed by atoms with Crippen LogP contribution in [-0.2, 0) is 5.54 Å². The van der Waals surface area contributed by atoms with Gasteiger partial charge in [0, 0.05) is 74.6 Å². The highest BCUT2D eigenvalue weighted by atomic mass is 16.1. The van der Waals surface area contributed by atoms with E-state index < -0.39 is 0 Å². The van der Waals surface area contributed by atoms with Gasteiger partial charge in [-0.1, -0.05) is 12.1 Å². The maximum atomic E-state index is 13.1. The number of aliphatic imine (C=N–C) groups is 1. The molecule has 4 rings (SSSR count). The third-order valence-corrected chi connectivity index (χ3v) is 6.69. The Morgan fingerprint density at radius 2 is 1.83 bits per heavy atom. The molecular formula is C27H33N7O. The molecule has 0 bridgehead atoms. The van der Waals surface area contributed by atoms with Crippen LogP contribution in [-0.4, -0.2) is 72.2 Å². The minimum absolute atomic E-state index is 0.216. The first-order valence-electron chi connectivity index (χ1n) is 11.8. The van der Waals surface area contributed by atoms with Gasteiger partial charge in [0.05, 0.1) is 11.2 Å². The predicted octanol–water partition coefficient (Wildman–Crippen LogP) is 3.36. The molecule has 0 atom stereocenters. The number of hydrogen-bond acceptors (Lipinski definition) is 7. The summed E-state index contributed by atoms with van der Waals surface area (Å²) in [5.74, 6) is 0.269. The molecule has 0 radical (unpaired) electrons. The van der Waals surface area contributed by atoms with Crippen molar-refractivity contribution >= 4 is 34.3 Å². The lowest BCUT2D eigenvalue weighted by Crippen LogP contribution is -2.52. The van der Waals surface area contributed by atoms with E-state index in [2.05, 4.69) is 51.0 Å². The van der Waals surface area contributed by atoms with Crippen LogP contribution in [0.2, 0.25) is 0 Å². The topological polar surface area (TPSA) is 99.7 Å². The van der Waals surface area contributed by atoms with Crippen molar-refractivity contribution < 1.29 is 4.79 Å². The van der Waals surface area contributed by atoms with Crippen LogP contribution >= 0.6 is 0 Å². The van der Waals surface area contributed by atoms with E-state index in [0.29, 0.717) is 11.4 Å². The largest absolute Gasteiger partial charge is 0.404 e. The normalized spacial score (nSPS) is 16.2. The van der Waals surface area contributed by atoms with E-state index in [-0.39, 0.29) is 11.4 Å². The first-order valence-corrected chi connectivity index (χ1v) is 11.8. The van der Waals surface area contributed by atoms with Gasteiger partial charge in [-0.2, -0.15) is 0 Å². The minimum Gasteiger partial charge on any atom is -0.404 e. The Morgan fingerprint density at radius 1 is 1.06 bits per heavy atom. The highest BCUT2D eigenvalue weighted by Gasteiger charge is 2.32. The highest BCUT2D eigenvalue weighted by molar-refractivity contribution is 6.10. The Kier molecular flexibility index (Phi) is 7.23. The summed E-state index contributed by atoms with van der Waals surface area (Å²) in [4.78, 5) is 31.0. The fraction of sp³-hybridized carbons (Fsp3) is 0.333. The average molecular weight is 472 g/mol. The van der Waals surface area contributed by atoms with Crippen LogP contribution in [0.5, 0.6) is 0 Å². The average Bonchev–Trinajstić information content (AvgIpc) is 2.87. The number of nitrogens with one attached hydrogen (secondary N) is 1. The Hall–Kier alpha value is -3.62. The van der Waals surface area contributed by atoms with Gasteiger partial charge < -0.3 is 16.0 Å². The number of aromatic nitrogens is 2. The third kappa shape index (κ3) is 5.39. The van der Waals surface area contributed by atoms with Crippen LogP contribution in [0.25, 0.3) is 16.3 Å². The molecule has 2 aromatic heterocycles. The summed E-state index contributed by atoms with van der Waals surface area (Å²) in [7, 11) is 3.85. The highest BCUT2D eigenvalue weighted by Crippen LogP contribution is 2.28. The van der Waals surface area contributed by atoms with Crippen molar-refractivity contribution in [1.82, 2.24) is 19.8 Å². The Balaban J connectivity index is 1.55. The van der Waals surface area contributed by atoms with Crippen LogP contribution in [0, 0.1) is 0 Å². The van der Waals surface area contributed by atoms with Gasteiger partial charge in [-0.15, -0.1) is 0 Å². The number of rotatable bonds is 6.